The smallest absolute Gasteiger partial charge is 0.323 e. The van der Waals surface area contributed by atoms with Crippen LogP contribution in [0.5, 0.6) is 0 Å². The number of ether oxygens (including phenoxy) is 1. The summed E-state index contributed by atoms with van der Waals surface area (Å²) in [5.74, 6) is -0.756. The van der Waals surface area contributed by atoms with Crippen molar-refractivity contribution in [1.82, 2.24) is 0 Å². The van der Waals surface area contributed by atoms with Gasteiger partial charge >= 0.3 is 5.97 Å². The Labute approximate surface area is 94.4 Å². The summed E-state index contributed by atoms with van der Waals surface area (Å²) in [5.41, 5.74) is 6.18. The molecule has 0 aliphatic rings. The maximum atomic E-state index is 12.7. The van der Waals surface area contributed by atoms with Crippen molar-refractivity contribution in [2.75, 3.05) is 0 Å². The minimum Gasteiger partial charge on any atom is -0.456 e. The first kappa shape index (κ1) is 12.6. The molecule has 2 atom stereocenters. The second kappa shape index (κ2) is 5.61. The van der Waals surface area contributed by atoms with E-state index in [4.69, 9.17) is 10.5 Å². The van der Waals surface area contributed by atoms with E-state index in [1.807, 2.05) is 6.92 Å². The fraction of sp³-hybridized carbons (Fsp3) is 0.417. The van der Waals surface area contributed by atoms with Crippen LogP contribution in [0.4, 0.5) is 4.39 Å². The average Bonchev–Trinajstić information content (AvgIpc) is 2.26. The van der Waals surface area contributed by atoms with Gasteiger partial charge in [0.15, 0.2) is 0 Å². The van der Waals surface area contributed by atoms with Crippen molar-refractivity contribution in [3.05, 3.63) is 35.6 Å². The van der Waals surface area contributed by atoms with Crippen molar-refractivity contribution in [2.45, 2.75) is 32.4 Å². The van der Waals surface area contributed by atoms with E-state index in [-0.39, 0.29) is 11.9 Å². The third-order valence-corrected chi connectivity index (χ3v) is 2.24. The predicted octanol–water partition coefficient (Wildman–Crippen LogP) is 2.17. The lowest BCUT2D eigenvalue weighted by molar-refractivity contribution is -0.150. The van der Waals surface area contributed by atoms with Gasteiger partial charge < -0.3 is 10.5 Å². The summed E-state index contributed by atoms with van der Waals surface area (Å²) in [7, 11) is 0. The SMILES string of the molecule is CCC(OC(=O)C(C)N)c1ccc(F)cc1. The minimum absolute atomic E-state index is 0.308. The number of halogens is 1. The van der Waals surface area contributed by atoms with Gasteiger partial charge in [0.2, 0.25) is 0 Å². The monoisotopic (exact) mass is 225 g/mol. The van der Waals surface area contributed by atoms with E-state index >= 15 is 0 Å². The van der Waals surface area contributed by atoms with Crippen LogP contribution in [-0.4, -0.2) is 12.0 Å². The molecule has 4 heteroatoms. The van der Waals surface area contributed by atoms with Crippen molar-refractivity contribution >= 4 is 5.97 Å². The number of hydrogen-bond donors (Lipinski definition) is 1. The topological polar surface area (TPSA) is 52.3 Å². The number of carbonyl (C=O) groups is 1. The highest BCUT2D eigenvalue weighted by molar-refractivity contribution is 5.75. The zero-order valence-electron chi connectivity index (χ0n) is 9.44. The molecule has 0 aliphatic heterocycles. The zero-order chi connectivity index (χ0) is 12.1. The second-order valence-electron chi connectivity index (χ2n) is 3.67. The highest BCUT2D eigenvalue weighted by Gasteiger charge is 2.17. The summed E-state index contributed by atoms with van der Waals surface area (Å²) >= 11 is 0. The molecule has 0 saturated heterocycles. The van der Waals surface area contributed by atoms with Crippen LogP contribution in [0.2, 0.25) is 0 Å². The summed E-state index contributed by atoms with van der Waals surface area (Å²) in [6, 6.07) is 5.26. The molecule has 0 saturated carbocycles. The Hall–Kier alpha value is -1.42. The molecule has 0 fully saturated rings. The molecule has 0 bridgehead atoms. The Kier molecular flexibility index (Phi) is 4.43. The standard InChI is InChI=1S/C12H16FNO2/c1-3-11(16-12(15)8(2)14)9-4-6-10(13)7-5-9/h4-8,11H,3,14H2,1-2H3. The molecule has 0 amide bonds. The molecule has 0 aromatic heterocycles. The number of hydrogen-bond acceptors (Lipinski definition) is 3. The molecule has 0 spiro atoms. The summed E-state index contributed by atoms with van der Waals surface area (Å²) in [4.78, 5) is 11.3. The van der Waals surface area contributed by atoms with Gasteiger partial charge in [-0.05, 0) is 31.0 Å². The first-order valence-corrected chi connectivity index (χ1v) is 5.26. The molecule has 0 radical (unpaired) electrons. The Balaban J connectivity index is 2.74. The highest BCUT2D eigenvalue weighted by atomic mass is 19.1. The van der Waals surface area contributed by atoms with Crippen LogP contribution < -0.4 is 5.73 Å². The molecule has 2 unspecified atom stereocenters. The molecule has 0 aliphatic carbocycles. The van der Waals surface area contributed by atoms with E-state index in [9.17, 15) is 9.18 Å². The number of carbonyl (C=O) groups excluding carboxylic acids is 1. The van der Waals surface area contributed by atoms with E-state index in [2.05, 4.69) is 0 Å². The molecule has 3 nitrogen and oxygen atoms in total. The number of nitrogens with two attached hydrogens (primary N) is 1. The maximum Gasteiger partial charge on any atom is 0.323 e. The van der Waals surface area contributed by atoms with Gasteiger partial charge in [0.25, 0.3) is 0 Å². The molecule has 2 N–H and O–H groups in total. The summed E-state index contributed by atoms with van der Waals surface area (Å²) in [6.45, 7) is 3.46. The minimum atomic E-state index is -0.644. The van der Waals surface area contributed by atoms with Crippen LogP contribution in [0.1, 0.15) is 31.9 Å². The van der Waals surface area contributed by atoms with Crippen molar-refractivity contribution in [2.24, 2.45) is 5.73 Å². The summed E-state index contributed by atoms with van der Waals surface area (Å²) < 4.78 is 17.9. The van der Waals surface area contributed by atoms with E-state index < -0.39 is 12.0 Å². The first-order chi connectivity index (χ1) is 7.54. The van der Waals surface area contributed by atoms with E-state index in [1.165, 1.54) is 12.1 Å². The van der Waals surface area contributed by atoms with Gasteiger partial charge in [0, 0.05) is 0 Å². The molecule has 88 valence electrons. The van der Waals surface area contributed by atoms with Crippen molar-refractivity contribution < 1.29 is 13.9 Å². The normalized spacial score (nSPS) is 14.2. The number of rotatable bonds is 4. The van der Waals surface area contributed by atoms with E-state index in [1.54, 1.807) is 19.1 Å². The predicted molar refractivity (Wildman–Crippen MR) is 59.2 cm³/mol. The molecule has 1 rings (SSSR count). The zero-order valence-corrected chi connectivity index (χ0v) is 9.44. The van der Waals surface area contributed by atoms with Crippen LogP contribution in [0, 0.1) is 5.82 Å². The van der Waals surface area contributed by atoms with Gasteiger partial charge in [0.05, 0.1) is 0 Å². The van der Waals surface area contributed by atoms with Crippen molar-refractivity contribution in [3.8, 4) is 0 Å². The molecule has 16 heavy (non-hydrogen) atoms. The molecule has 0 heterocycles. The van der Waals surface area contributed by atoms with Crippen LogP contribution in [-0.2, 0) is 9.53 Å². The van der Waals surface area contributed by atoms with Gasteiger partial charge in [0.1, 0.15) is 18.0 Å². The third kappa shape index (κ3) is 3.31. The number of esters is 1. The highest BCUT2D eigenvalue weighted by Crippen LogP contribution is 2.21. The van der Waals surface area contributed by atoms with Crippen molar-refractivity contribution in [1.29, 1.82) is 0 Å². The maximum absolute atomic E-state index is 12.7. The molecular formula is C12H16FNO2. The second-order valence-corrected chi connectivity index (χ2v) is 3.67. The quantitative estimate of drug-likeness (QED) is 0.799. The molecular weight excluding hydrogens is 209 g/mol. The fourth-order valence-electron chi connectivity index (χ4n) is 1.31. The lowest BCUT2D eigenvalue weighted by Crippen LogP contribution is -2.29. The van der Waals surface area contributed by atoms with Gasteiger partial charge in [-0.15, -0.1) is 0 Å². The molecule has 1 aromatic rings. The first-order valence-electron chi connectivity index (χ1n) is 5.26. The van der Waals surface area contributed by atoms with Crippen LogP contribution >= 0.6 is 0 Å². The Bertz CT molecular complexity index is 349. The lowest BCUT2D eigenvalue weighted by Gasteiger charge is -2.17. The van der Waals surface area contributed by atoms with Crippen molar-refractivity contribution in [3.63, 3.8) is 0 Å². The Morgan fingerprint density at radius 2 is 2.00 bits per heavy atom. The van der Waals surface area contributed by atoms with Gasteiger partial charge in [-0.3, -0.25) is 4.79 Å². The third-order valence-electron chi connectivity index (χ3n) is 2.24. The molecule has 1 aromatic carbocycles. The fourth-order valence-corrected chi connectivity index (χ4v) is 1.31. The Morgan fingerprint density at radius 1 is 1.44 bits per heavy atom. The largest absolute Gasteiger partial charge is 0.456 e. The van der Waals surface area contributed by atoms with Crippen LogP contribution in [0.15, 0.2) is 24.3 Å². The lowest BCUT2D eigenvalue weighted by atomic mass is 10.1. The van der Waals surface area contributed by atoms with Gasteiger partial charge in [-0.2, -0.15) is 0 Å². The number of benzene rings is 1. The van der Waals surface area contributed by atoms with E-state index in [0.29, 0.717) is 6.42 Å². The van der Waals surface area contributed by atoms with Crippen LogP contribution in [0.3, 0.4) is 0 Å². The summed E-state index contributed by atoms with van der Waals surface area (Å²) in [5, 5.41) is 0. The Morgan fingerprint density at radius 3 is 2.44 bits per heavy atom. The van der Waals surface area contributed by atoms with Gasteiger partial charge in [-0.1, -0.05) is 19.1 Å². The van der Waals surface area contributed by atoms with Gasteiger partial charge in [-0.25, -0.2) is 4.39 Å². The van der Waals surface area contributed by atoms with E-state index in [0.717, 1.165) is 5.56 Å². The van der Waals surface area contributed by atoms with Crippen LogP contribution in [0.25, 0.3) is 0 Å². The average molecular weight is 225 g/mol. The summed E-state index contributed by atoms with van der Waals surface area (Å²) in [6.07, 6.45) is 0.267.